The van der Waals surface area contributed by atoms with Gasteiger partial charge in [-0.05, 0) is 44.5 Å². The summed E-state index contributed by atoms with van der Waals surface area (Å²) in [5.74, 6) is 0.550. The van der Waals surface area contributed by atoms with E-state index in [1.165, 1.54) is 0 Å². The third kappa shape index (κ3) is 5.77. The highest BCUT2D eigenvalue weighted by atomic mass is 16.5. The summed E-state index contributed by atoms with van der Waals surface area (Å²) in [5, 5.41) is 3.15. The molecule has 0 radical (unpaired) electrons. The van der Waals surface area contributed by atoms with E-state index in [4.69, 9.17) is 4.74 Å². The minimum atomic E-state index is -0.357. The van der Waals surface area contributed by atoms with Gasteiger partial charge in [-0.15, -0.1) is 0 Å². The highest BCUT2D eigenvalue weighted by Gasteiger charge is 2.15. The Bertz CT molecular complexity index is 790. The van der Waals surface area contributed by atoms with Crippen molar-refractivity contribution in [1.82, 2.24) is 14.9 Å². The Hall–Kier alpha value is -2.96. The number of ether oxygens (including phenoxy) is 1. The molecule has 0 unspecified atom stereocenters. The zero-order chi connectivity index (χ0) is 19.8. The Balaban J connectivity index is 2.14. The molecular formula is C20H26N4O3. The molecule has 0 fully saturated rings. The Morgan fingerprint density at radius 3 is 2.48 bits per heavy atom. The Morgan fingerprint density at radius 1 is 1.15 bits per heavy atom. The number of amides is 1. The van der Waals surface area contributed by atoms with Crippen molar-refractivity contribution >= 4 is 23.4 Å². The quantitative estimate of drug-likeness (QED) is 0.715. The summed E-state index contributed by atoms with van der Waals surface area (Å²) in [7, 11) is 1.77. The molecular weight excluding hydrogens is 344 g/mol. The van der Waals surface area contributed by atoms with Crippen LogP contribution in [0.2, 0.25) is 0 Å². The molecule has 7 heteroatoms. The summed E-state index contributed by atoms with van der Waals surface area (Å²) >= 11 is 0. The normalized spacial score (nSPS) is 10.4. The molecule has 1 heterocycles. The molecule has 27 heavy (non-hydrogen) atoms. The van der Waals surface area contributed by atoms with Crippen molar-refractivity contribution in [3.05, 3.63) is 47.4 Å². The highest BCUT2D eigenvalue weighted by Crippen LogP contribution is 2.17. The van der Waals surface area contributed by atoms with Crippen molar-refractivity contribution in [3.8, 4) is 0 Å². The molecule has 0 bridgehead atoms. The molecule has 144 valence electrons. The molecule has 0 aliphatic rings. The average Bonchev–Trinajstić information content (AvgIpc) is 2.65. The number of esters is 1. The van der Waals surface area contributed by atoms with E-state index in [9.17, 15) is 9.59 Å². The van der Waals surface area contributed by atoms with Gasteiger partial charge in [0.2, 0.25) is 0 Å². The van der Waals surface area contributed by atoms with Crippen LogP contribution in [0.5, 0.6) is 0 Å². The van der Waals surface area contributed by atoms with Crippen LogP contribution in [0.4, 0.5) is 11.5 Å². The summed E-state index contributed by atoms with van der Waals surface area (Å²) in [6.07, 6.45) is 1.97. The number of aromatic nitrogens is 2. The first-order chi connectivity index (χ1) is 12.9. The number of nitrogens with zero attached hydrogens (tertiary/aromatic N) is 3. The summed E-state index contributed by atoms with van der Waals surface area (Å²) in [6.45, 7) is 6.63. The van der Waals surface area contributed by atoms with Crippen LogP contribution in [0.25, 0.3) is 0 Å². The predicted octanol–water partition coefficient (Wildman–Crippen LogP) is 3.58. The summed E-state index contributed by atoms with van der Waals surface area (Å²) in [4.78, 5) is 34.5. The molecule has 0 spiro atoms. The second kappa shape index (κ2) is 9.66. The molecule has 1 aromatic heterocycles. The van der Waals surface area contributed by atoms with E-state index in [0.717, 1.165) is 18.5 Å². The zero-order valence-electron chi connectivity index (χ0n) is 16.3. The number of unbranched alkanes of at least 4 members (excludes halogenated alkanes) is 1. The lowest BCUT2D eigenvalue weighted by atomic mass is 10.2. The number of benzene rings is 1. The van der Waals surface area contributed by atoms with Gasteiger partial charge in [0.25, 0.3) is 5.91 Å². The van der Waals surface area contributed by atoms with Crippen molar-refractivity contribution in [2.24, 2.45) is 0 Å². The number of aryl methyl sites for hydroxylation is 1. The molecule has 2 rings (SSSR count). The lowest BCUT2D eigenvalue weighted by molar-refractivity contribution is 0.0526. The molecule has 7 nitrogen and oxygen atoms in total. The number of anilines is 2. The standard InChI is InChI=1S/C20H26N4O3/c1-5-7-12-24(4)19(25)17-13-18(22-14(3)21-17)23-16-10-8-15(9-11-16)20(26)27-6-2/h8-11,13H,5-7,12H2,1-4H3,(H,21,22,23). The molecule has 1 amide bonds. The number of hydrogen-bond donors (Lipinski definition) is 1. The second-order valence-electron chi connectivity index (χ2n) is 6.19. The first-order valence-electron chi connectivity index (χ1n) is 9.10. The van der Waals surface area contributed by atoms with Crippen LogP contribution >= 0.6 is 0 Å². The van der Waals surface area contributed by atoms with Crippen molar-refractivity contribution in [1.29, 1.82) is 0 Å². The molecule has 0 saturated heterocycles. The Kier molecular flexibility index (Phi) is 7.28. The van der Waals surface area contributed by atoms with Crippen LogP contribution < -0.4 is 5.32 Å². The van der Waals surface area contributed by atoms with E-state index in [-0.39, 0.29) is 11.9 Å². The number of nitrogens with one attached hydrogen (secondary N) is 1. The van der Waals surface area contributed by atoms with Gasteiger partial charge in [-0.1, -0.05) is 13.3 Å². The highest BCUT2D eigenvalue weighted by molar-refractivity contribution is 5.93. The third-order valence-corrected chi connectivity index (χ3v) is 3.92. The topological polar surface area (TPSA) is 84.4 Å². The SMILES string of the molecule is CCCCN(C)C(=O)c1cc(Nc2ccc(C(=O)OCC)cc2)nc(C)n1. The Labute approximate surface area is 159 Å². The van der Waals surface area contributed by atoms with Crippen molar-refractivity contribution in [2.75, 3.05) is 25.5 Å². The first-order valence-corrected chi connectivity index (χ1v) is 9.10. The van der Waals surface area contributed by atoms with E-state index in [2.05, 4.69) is 22.2 Å². The van der Waals surface area contributed by atoms with Gasteiger partial charge in [0.15, 0.2) is 0 Å². The molecule has 0 atom stereocenters. The van der Waals surface area contributed by atoms with E-state index >= 15 is 0 Å². The molecule has 1 N–H and O–H groups in total. The fourth-order valence-electron chi connectivity index (χ4n) is 2.49. The fourth-order valence-corrected chi connectivity index (χ4v) is 2.49. The van der Waals surface area contributed by atoms with Gasteiger partial charge in [0.05, 0.1) is 12.2 Å². The maximum absolute atomic E-state index is 12.5. The number of hydrogen-bond acceptors (Lipinski definition) is 6. The van der Waals surface area contributed by atoms with Crippen LogP contribution in [0.3, 0.4) is 0 Å². The molecule has 0 saturated carbocycles. The number of carbonyl (C=O) groups is 2. The zero-order valence-corrected chi connectivity index (χ0v) is 16.3. The van der Waals surface area contributed by atoms with Gasteiger partial charge in [-0.3, -0.25) is 4.79 Å². The molecule has 0 aliphatic heterocycles. The molecule has 1 aromatic carbocycles. The lowest BCUT2D eigenvalue weighted by Gasteiger charge is -2.17. The monoisotopic (exact) mass is 370 g/mol. The number of carbonyl (C=O) groups excluding carboxylic acids is 2. The molecule has 0 aliphatic carbocycles. The van der Waals surface area contributed by atoms with E-state index in [1.807, 2.05) is 0 Å². The molecule has 2 aromatic rings. The van der Waals surface area contributed by atoms with E-state index < -0.39 is 0 Å². The lowest BCUT2D eigenvalue weighted by Crippen LogP contribution is -2.28. The van der Waals surface area contributed by atoms with Crippen LogP contribution in [-0.2, 0) is 4.74 Å². The summed E-state index contributed by atoms with van der Waals surface area (Å²) < 4.78 is 4.97. The van der Waals surface area contributed by atoms with Crippen LogP contribution in [0.1, 0.15) is 53.4 Å². The summed E-state index contributed by atoms with van der Waals surface area (Å²) in [5.41, 5.74) is 1.58. The minimum Gasteiger partial charge on any atom is -0.462 e. The van der Waals surface area contributed by atoms with Gasteiger partial charge in [-0.2, -0.15) is 0 Å². The Morgan fingerprint density at radius 2 is 1.85 bits per heavy atom. The third-order valence-electron chi connectivity index (χ3n) is 3.92. The van der Waals surface area contributed by atoms with Crippen molar-refractivity contribution in [3.63, 3.8) is 0 Å². The van der Waals surface area contributed by atoms with Crippen molar-refractivity contribution in [2.45, 2.75) is 33.6 Å². The number of rotatable bonds is 8. The van der Waals surface area contributed by atoms with Crippen molar-refractivity contribution < 1.29 is 14.3 Å². The average molecular weight is 370 g/mol. The predicted molar refractivity (Wildman–Crippen MR) is 104 cm³/mol. The van der Waals surface area contributed by atoms with Gasteiger partial charge in [-0.25, -0.2) is 14.8 Å². The van der Waals surface area contributed by atoms with Crippen LogP contribution in [0, 0.1) is 6.92 Å². The van der Waals surface area contributed by atoms with E-state index in [1.54, 1.807) is 56.1 Å². The van der Waals surface area contributed by atoms with Gasteiger partial charge < -0.3 is 15.0 Å². The van der Waals surface area contributed by atoms with E-state index in [0.29, 0.717) is 36.1 Å². The minimum absolute atomic E-state index is 0.130. The van der Waals surface area contributed by atoms with Crippen LogP contribution in [0.15, 0.2) is 30.3 Å². The smallest absolute Gasteiger partial charge is 0.338 e. The van der Waals surface area contributed by atoms with Crippen LogP contribution in [-0.4, -0.2) is 46.9 Å². The van der Waals surface area contributed by atoms with Gasteiger partial charge in [0, 0.05) is 25.3 Å². The van der Waals surface area contributed by atoms with Gasteiger partial charge in [0.1, 0.15) is 17.3 Å². The summed E-state index contributed by atoms with van der Waals surface area (Å²) in [6, 6.07) is 8.52. The maximum atomic E-state index is 12.5. The van der Waals surface area contributed by atoms with Gasteiger partial charge >= 0.3 is 5.97 Å². The first kappa shape index (κ1) is 20.4. The largest absolute Gasteiger partial charge is 0.462 e. The fraction of sp³-hybridized carbons (Fsp3) is 0.400. The second-order valence-corrected chi connectivity index (χ2v) is 6.19. The maximum Gasteiger partial charge on any atom is 0.338 e.